The molecule has 0 saturated carbocycles. The molecule has 1 fully saturated rings. The van der Waals surface area contributed by atoms with Gasteiger partial charge in [0.25, 0.3) is 11.8 Å². The van der Waals surface area contributed by atoms with Crippen LogP contribution in [0.15, 0.2) is 46.4 Å². The second kappa shape index (κ2) is 8.71. The minimum Gasteiger partial charge on any atom is -0.507 e. The molecule has 1 aliphatic heterocycles. The highest BCUT2D eigenvalue weighted by molar-refractivity contribution is 9.10. The van der Waals surface area contributed by atoms with Gasteiger partial charge in [0.15, 0.2) is 0 Å². The van der Waals surface area contributed by atoms with Gasteiger partial charge in [0.1, 0.15) is 11.3 Å². The van der Waals surface area contributed by atoms with Crippen LogP contribution in [0.1, 0.15) is 25.0 Å². The van der Waals surface area contributed by atoms with Crippen LogP contribution in [-0.2, 0) is 9.59 Å². The summed E-state index contributed by atoms with van der Waals surface area (Å²) >= 11 is 3.38. The number of imide groups is 2. The second-order valence-corrected chi connectivity index (χ2v) is 7.66. The first-order valence-corrected chi connectivity index (χ1v) is 10.3. The summed E-state index contributed by atoms with van der Waals surface area (Å²) in [5.41, 5.74) is 2.09. The number of amides is 4. The number of rotatable bonds is 5. The largest absolute Gasteiger partial charge is 0.507 e. The highest BCUT2D eigenvalue weighted by Crippen LogP contribution is 2.29. The number of carbonyl (C=O) groups excluding carboxylic acids is 3. The molecule has 0 aromatic heterocycles. The van der Waals surface area contributed by atoms with Gasteiger partial charge in [0, 0.05) is 34.9 Å². The molecule has 8 heteroatoms. The monoisotopic (exact) mass is 471 g/mol. The molecule has 0 aliphatic carbocycles. The third-order valence-electron chi connectivity index (χ3n) is 4.94. The Hall–Kier alpha value is -3.13. The van der Waals surface area contributed by atoms with E-state index in [1.807, 2.05) is 26.8 Å². The molecule has 0 unspecified atom stereocenters. The molecule has 2 N–H and O–H groups in total. The predicted octanol–water partition coefficient (Wildman–Crippen LogP) is 3.98. The normalized spacial score (nSPS) is 15.5. The maximum absolute atomic E-state index is 13.0. The van der Waals surface area contributed by atoms with E-state index in [1.165, 1.54) is 6.08 Å². The molecule has 2 aromatic rings. The van der Waals surface area contributed by atoms with E-state index < -0.39 is 17.8 Å². The molecule has 0 atom stereocenters. The lowest BCUT2D eigenvalue weighted by Crippen LogP contribution is -2.54. The Labute approximate surface area is 183 Å². The number of halogens is 1. The second-order valence-electron chi connectivity index (χ2n) is 6.81. The van der Waals surface area contributed by atoms with Gasteiger partial charge in [0.05, 0.1) is 5.69 Å². The molecule has 156 valence electrons. The fourth-order valence-electron chi connectivity index (χ4n) is 3.25. The molecule has 7 nitrogen and oxygen atoms in total. The van der Waals surface area contributed by atoms with Crippen LogP contribution in [0.25, 0.3) is 6.08 Å². The summed E-state index contributed by atoms with van der Waals surface area (Å²) < 4.78 is 0.834. The number of urea groups is 1. The summed E-state index contributed by atoms with van der Waals surface area (Å²) in [5, 5.41) is 12.6. The average Bonchev–Trinajstić information content (AvgIpc) is 2.70. The van der Waals surface area contributed by atoms with E-state index in [4.69, 9.17) is 0 Å². The number of barbiturate groups is 1. The number of hydrogen-bond donors (Lipinski definition) is 2. The predicted molar refractivity (Wildman–Crippen MR) is 120 cm³/mol. The van der Waals surface area contributed by atoms with Crippen molar-refractivity contribution in [3.8, 4) is 5.75 Å². The summed E-state index contributed by atoms with van der Waals surface area (Å²) in [4.78, 5) is 40.7. The zero-order valence-corrected chi connectivity index (χ0v) is 18.5. The Balaban J connectivity index is 1.99. The summed E-state index contributed by atoms with van der Waals surface area (Å²) in [5.74, 6) is -1.62. The minimum absolute atomic E-state index is 0.0598. The topological polar surface area (TPSA) is 90.0 Å². The van der Waals surface area contributed by atoms with Crippen LogP contribution in [0.2, 0.25) is 0 Å². The average molecular weight is 472 g/mol. The maximum Gasteiger partial charge on any atom is 0.335 e. The maximum atomic E-state index is 13.0. The summed E-state index contributed by atoms with van der Waals surface area (Å²) in [6, 6.07) is 9.23. The Morgan fingerprint density at radius 1 is 1.10 bits per heavy atom. The zero-order chi connectivity index (χ0) is 22.0. The molecule has 0 bridgehead atoms. The van der Waals surface area contributed by atoms with E-state index in [1.54, 1.807) is 30.3 Å². The van der Waals surface area contributed by atoms with Crippen molar-refractivity contribution in [1.29, 1.82) is 0 Å². The van der Waals surface area contributed by atoms with Gasteiger partial charge in [-0.15, -0.1) is 0 Å². The summed E-state index contributed by atoms with van der Waals surface area (Å²) in [7, 11) is 0. The van der Waals surface area contributed by atoms with Gasteiger partial charge in [-0.25, -0.2) is 9.69 Å². The van der Waals surface area contributed by atoms with Crippen molar-refractivity contribution in [3.05, 3.63) is 57.6 Å². The first-order valence-electron chi connectivity index (χ1n) is 9.52. The number of anilines is 2. The number of carbonyl (C=O) groups is 3. The van der Waals surface area contributed by atoms with E-state index in [0.717, 1.165) is 33.7 Å². The number of aryl methyl sites for hydroxylation is 1. The third kappa shape index (κ3) is 4.09. The smallest absolute Gasteiger partial charge is 0.335 e. The fourth-order valence-corrected chi connectivity index (χ4v) is 3.50. The SMILES string of the molecule is CCN(CC)c1ccc(/C=C2\C(=O)NC(=O)N(c3ccc(Br)c(C)c3)C2=O)c(O)c1. The van der Waals surface area contributed by atoms with E-state index in [2.05, 4.69) is 26.1 Å². The Kier molecular flexibility index (Phi) is 6.26. The molecule has 3 rings (SSSR count). The molecule has 0 radical (unpaired) electrons. The van der Waals surface area contributed by atoms with Gasteiger partial charge >= 0.3 is 6.03 Å². The molecule has 1 saturated heterocycles. The number of phenols is 1. The number of hydrogen-bond acceptors (Lipinski definition) is 5. The molecular formula is C22H22BrN3O4. The van der Waals surface area contributed by atoms with Gasteiger partial charge in [-0.3, -0.25) is 14.9 Å². The Morgan fingerprint density at radius 2 is 1.80 bits per heavy atom. The van der Waals surface area contributed by atoms with Crippen LogP contribution in [-0.4, -0.2) is 36.0 Å². The summed E-state index contributed by atoms with van der Waals surface area (Å²) in [6.07, 6.45) is 1.30. The number of nitrogens with zero attached hydrogens (tertiary/aromatic N) is 2. The van der Waals surface area contributed by atoms with Crippen molar-refractivity contribution >= 4 is 51.2 Å². The molecular weight excluding hydrogens is 450 g/mol. The minimum atomic E-state index is -0.815. The number of phenolic OH excluding ortho intramolecular Hbond substituents is 1. The first-order chi connectivity index (χ1) is 14.3. The van der Waals surface area contributed by atoms with E-state index in [9.17, 15) is 19.5 Å². The molecule has 1 heterocycles. The molecule has 0 spiro atoms. The number of benzene rings is 2. The van der Waals surface area contributed by atoms with Crippen molar-refractivity contribution in [2.24, 2.45) is 0 Å². The highest BCUT2D eigenvalue weighted by atomic mass is 79.9. The standard InChI is InChI=1S/C22H22BrN3O4/c1-4-25(5-2)15-7-6-14(19(27)12-15)11-17-20(28)24-22(30)26(21(17)29)16-8-9-18(23)13(3)10-16/h6-12,27H,4-5H2,1-3H3,(H,24,28,30)/b17-11+. The van der Waals surface area contributed by atoms with Gasteiger partial charge in [0.2, 0.25) is 0 Å². The lowest BCUT2D eigenvalue weighted by Gasteiger charge is -2.27. The van der Waals surface area contributed by atoms with Crippen molar-refractivity contribution in [2.45, 2.75) is 20.8 Å². The molecule has 1 aliphatic rings. The molecule has 4 amide bonds. The van der Waals surface area contributed by atoms with Crippen LogP contribution in [0.4, 0.5) is 16.2 Å². The highest BCUT2D eigenvalue weighted by Gasteiger charge is 2.37. The molecule has 2 aromatic carbocycles. The van der Waals surface area contributed by atoms with Crippen molar-refractivity contribution < 1.29 is 19.5 Å². The van der Waals surface area contributed by atoms with E-state index >= 15 is 0 Å². The van der Waals surface area contributed by atoms with Crippen molar-refractivity contribution in [1.82, 2.24) is 5.32 Å². The zero-order valence-electron chi connectivity index (χ0n) is 16.9. The van der Waals surface area contributed by atoms with Crippen LogP contribution in [0, 0.1) is 6.92 Å². The van der Waals surface area contributed by atoms with E-state index in [-0.39, 0.29) is 11.3 Å². The first kappa shape index (κ1) is 21.6. The van der Waals surface area contributed by atoms with Gasteiger partial charge in [-0.1, -0.05) is 15.9 Å². The van der Waals surface area contributed by atoms with Crippen LogP contribution < -0.4 is 15.1 Å². The van der Waals surface area contributed by atoms with Crippen LogP contribution in [0.5, 0.6) is 5.75 Å². The quantitative estimate of drug-likeness (QED) is 0.508. The third-order valence-corrected chi connectivity index (χ3v) is 5.83. The van der Waals surface area contributed by atoms with Crippen LogP contribution in [0.3, 0.4) is 0 Å². The van der Waals surface area contributed by atoms with Crippen LogP contribution >= 0.6 is 15.9 Å². The summed E-state index contributed by atoms with van der Waals surface area (Å²) in [6.45, 7) is 7.41. The van der Waals surface area contributed by atoms with Gasteiger partial charge in [-0.2, -0.15) is 0 Å². The van der Waals surface area contributed by atoms with Gasteiger partial charge < -0.3 is 10.0 Å². The Bertz CT molecular complexity index is 1060. The Morgan fingerprint density at radius 3 is 2.40 bits per heavy atom. The number of aromatic hydroxyl groups is 1. The fraction of sp³-hybridized carbons (Fsp3) is 0.227. The number of nitrogens with one attached hydrogen (secondary N) is 1. The molecule has 30 heavy (non-hydrogen) atoms. The van der Waals surface area contributed by atoms with Gasteiger partial charge in [-0.05, 0) is 62.7 Å². The van der Waals surface area contributed by atoms with Crippen molar-refractivity contribution in [2.75, 3.05) is 22.9 Å². The van der Waals surface area contributed by atoms with Crippen molar-refractivity contribution in [3.63, 3.8) is 0 Å². The lowest BCUT2D eigenvalue weighted by atomic mass is 10.0. The van der Waals surface area contributed by atoms with E-state index in [0.29, 0.717) is 11.3 Å². The lowest BCUT2D eigenvalue weighted by molar-refractivity contribution is -0.122.